The summed E-state index contributed by atoms with van der Waals surface area (Å²) >= 11 is 0. The standard InChI is InChI=1S/C13H20N2O/c1-5-11-8-12(15(6-2)14-11)9-13(16)7-10(3)4/h7-8H,5-6,9H2,1-4H3. The van der Waals surface area contributed by atoms with Crippen molar-refractivity contribution in [3.8, 4) is 0 Å². The van der Waals surface area contributed by atoms with E-state index in [1.165, 1.54) is 0 Å². The Kier molecular flexibility index (Phi) is 4.47. The Bertz CT molecular complexity index is 398. The molecule has 0 amide bonds. The molecule has 0 aliphatic heterocycles. The molecular formula is C13H20N2O. The van der Waals surface area contributed by atoms with Crippen molar-refractivity contribution in [1.29, 1.82) is 0 Å². The van der Waals surface area contributed by atoms with Gasteiger partial charge in [-0.1, -0.05) is 12.5 Å². The van der Waals surface area contributed by atoms with Crippen molar-refractivity contribution in [3.05, 3.63) is 29.1 Å². The third-order valence-corrected chi connectivity index (χ3v) is 2.38. The predicted molar refractivity (Wildman–Crippen MR) is 65.4 cm³/mol. The lowest BCUT2D eigenvalue weighted by atomic mass is 10.1. The number of hydrogen-bond acceptors (Lipinski definition) is 2. The lowest BCUT2D eigenvalue weighted by Gasteiger charge is -2.01. The van der Waals surface area contributed by atoms with Gasteiger partial charge in [0.2, 0.25) is 0 Å². The summed E-state index contributed by atoms with van der Waals surface area (Å²) in [4.78, 5) is 11.7. The summed E-state index contributed by atoms with van der Waals surface area (Å²) in [6.07, 6.45) is 3.06. The number of carbonyl (C=O) groups excluding carboxylic acids is 1. The number of hydrogen-bond donors (Lipinski definition) is 0. The fourth-order valence-electron chi connectivity index (χ4n) is 1.66. The average molecular weight is 220 g/mol. The Labute approximate surface area is 97.2 Å². The number of aromatic nitrogens is 2. The zero-order valence-electron chi connectivity index (χ0n) is 10.6. The zero-order valence-corrected chi connectivity index (χ0v) is 10.6. The number of rotatable bonds is 5. The second-order valence-electron chi connectivity index (χ2n) is 4.16. The lowest BCUT2D eigenvalue weighted by Crippen LogP contribution is -2.07. The largest absolute Gasteiger partial charge is 0.294 e. The molecule has 1 aromatic rings. The number of carbonyl (C=O) groups is 1. The van der Waals surface area contributed by atoms with Gasteiger partial charge in [-0.05, 0) is 39.3 Å². The minimum atomic E-state index is 0.150. The van der Waals surface area contributed by atoms with Crippen LogP contribution in [-0.4, -0.2) is 15.6 Å². The molecule has 16 heavy (non-hydrogen) atoms. The minimum absolute atomic E-state index is 0.150. The molecule has 0 fully saturated rings. The SMILES string of the molecule is CCc1cc(CC(=O)C=C(C)C)n(CC)n1. The van der Waals surface area contributed by atoms with Gasteiger partial charge >= 0.3 is 0 Å². The maximum Gasteiger partial charge on any atom is 0.161 e. The van der Waals surface area contributed by atoms with Gasteiger partial charge in [-0.3, -0.25) is 9.48 Å². The number of ketones is 1. The Morgan fingerprint density at radius 2 is 2.12 bits per heavy atom. The molecule has 0 atom stereocenters. The molecule has 0 radical (unpaired) electrons. The molecule has 0 saturated heterocycles. The topological polar surface area (TPSA) is 34.9 Å². The van der Waals surface area contributed by atoms with E-state index in [0.717, 1.165) is 29.9 Å². The van der Waals surface area contributed by atoms with Crippen molar-refractivity contribution in [2.24, 2.45) is 0 Å². The first-order valence-corrected chi connectivity index (χ1v) is 5.80. The highest BCUT2D eigenvalue weighted by molar-refractivity contribution is 5.91. The van der Waals surface area contributed by atoms with Crippen LogP contribution in [-0.2, 0) is 24.2 Å². The summed E-state index contributed by atoms with van der Waals surface area (Å²) in [5.74, 6) is 0.150. The molecule has 1 heterocycles. The van der Waals surface area contributed by atoms with Crippen LogP contribution in [0, 0.1) is 0 Å². The van der Waals surface area contributed by atoms with Crippen molar-refractivity contribution >= 4 is 5.78 Å². The van der Waals surface area contributed by atoms with Crippen molar-refractivity contribution < 1.29 is 4.79 Å². The minimum Gasteiger partial charge on any atom is -0.294 e. The van der Waals surface area contributed by atoms with Crippen molar-refractivity contribution in [2.45, 2.75) is 47.1 Å². The molecular weight excluding hydrogens is 200 g/mol. The second-order valence-corrected chi connectivity index (χ2v) is 4.16. The van der Waals surface area contributed by atoms with Crippen LogP contribution in [0.1, 0.15) is 39.1 Å². The van der Waals surface area contributed by atoms with Gasteiger partial charge in [0.1, 0.15) is 0 Å². The molecule has 0 aliphatic carbocycles. The van der Waals surface area contributed by atoms with Gasteiger partial charge in [-0.25, -0.2) is 0 Å². The molecule has 0 spiro atoms. The monoisotopic (exact) mass is 220 g/mol. The summed E-state index contributed by atoms with van der Waals surface area (Å²) in [6, 6.07) is 2.03. The van der Waals surface area contributed by atoms with Crippen LogP contribution >= 0.6 is 0 Å². The van der Waals surface area contributed by atoms with E-state index < -0.39 is 0 Å². The highest BCUT2D eigenvalue weighted by Crippen LogP contribution is 2.07. The predicted octanol–water partition coefficient (Wildman–Crippen LogP) is 2.54. The molecule has 0 bridgehead atoms. The number of allylic oxidation sites excluding steroid dienone is 2. The zero-order chi connectivity index (χ0) is 12.1. The van der Waals surface area contributed by atoms with Crippen molar-refractivity contribution in [1.82, 2.24) is 9.78 Å². The highest BCUT2D eigenvalue weighted by Gasteiger charge is 2.08. The molecule has 0 aliphatic rings. The van der Waals surface area contributed by atoms with Gasteiger partial charge in [-0.15, -0.1) is 0 Å². The van der Waals surface area contributed by atoms with E-state index in [1.54, 1.807) is 6.08 Å². The Balaban J connectivity index is 2.83. The van der Waals surface area contributed by atoms with Crippen LogP contribution in [0.25, 0.3) is 0 Å². The smallest absolute Gasteiger partial charge is 0.161 e. The van der Waals surface area contributed by atoms with Gasteiger partial charge in [0.15, 0.2) is 5.78 Å². The maximum atomic E-state index is 11.7. The van der Waals surface area contributed by atoms with E-state index in [4.69, 9.17) is 0 Å². The first-order valence-electron chi connectivity index (χ1n) is 5.80. The molecule has 3 nitrogen and oxygen atoms in total. The second kappa shape index (κ2) is 5.64. The highest BCUT2D eigenvalue weighted by atomic mass is 16.1. The summed E-state index contributed by atoms with van der Waals surface area (Å²) in [7, 11) is 0. The summed E-state index contributed by atoms with van der Waals surface area (Å²) in [6.45, 7) is 8.81. The number of aryl methyl sites for hydroxylation is 2. The third kappa shape index (κ3) is 3.33. The fourth-order valence-corrected chi connectivity index (χ4v) is 1.66. The van der Waals surface area contributed by atoms with Gasteiger partial charge in [0.05, 0.1) is 12.1 Å². The third-order valence-electron chi connectivity index (χ3n) is 2.38. The summed E-state index contributed by atoms with van der Waals surface area (Å²) < 4.78 is 1.91. The van der Waals surface area contributed by atoms with Crippen LogP contribution < -0.4 is 0 Å². The van der Waals surface area contributed by atoms with Crippen molar-refractivity contribution in [2.75, 3.05) is 0 Å². The molecule has 88 valence electrons. The lowest BCUT2D eigenvalue weighted by molar-refractivity contribution is -0.114. The van der Waals surface area contributed by atoms with Crippen LogP contribution in [0.5, 0.6) is 0 Å². The molecule has 3 heteroatoms. The quantitative estimate of drug-likeness (QED) is 0.715. The molecule has 0 saturated carbocycles. The van der Waals surface area contributed by atoms with Crippen LogP contribution in [0.3, 0.4) is 0 Å². The van der Waals surface area contributed by atoms with Gasteiger partial charge in [0, 0.05) is 12.2 Å². The molecule has 0 aromatic carbocycles. The van der Waals surface area contributed by atoms with Crippen LogP contribution in [0.4, 0.5) is 0 Å². The van der Waals surface area contributed by atoms with E-state index in [9.17, 15) is 4.79 Å². The van der Waals surface area contributed by atoms with Gasteiger partial charge < -0.3 is 0 Å². The average Bonchev–Trinajstić information content (AvgIpc) is 2.59. The first kappa shape index (κ1) is 12.7. The Morgan fingerprint density at radius 3 is 2.62 bits per heavy atom. The van der Waals surface area contributed by atoms with E-state index in [0.29, 0.717) is 6.42 Å². The molecule has 1 aromatic heterocycles. The normalized spacial score (nSPS) is 10.2. The molecule has 0 unspecified atom stereocenters. The summed E-state index contributed by atoms with van der Waals surface area (Å²) in [5.41, 5.74) is 3.12. The molecule has 0 N–H and O–H groups in total. The number of nitrogens with zero attached hydrogens (tertiary/aromatic N) is 2. The van der Waals surface area contributed by atoms with E-state index in [2.05, 4.69) is 12.0 Å². The van der Waals surface area contributed by atoms with Crippen LogP contribution in [0.15, 0.2) is 17.7 Å². The van der Waals surface area contributed by atoms with Crippen LogP contribution in [0.2, 0.25) is 0 Å². The maximum absolute atomic E-state index is 11.7. The summed E-state index contributed by atoms with van der Waals surface area (Å²) in [5, 5.41) is 4.42. The van der Waals surface area contributed by atoms with E-state index >= 15 is 0 Å². The first-order chi connectivity index (χ1) is 7.56. The van der Waals surface area contributed by atoms with Gasteiger partial charge in [-0.2, -0.15) is 5.10 Å². The van der Waals surface area contributed by atoms with Gasteiger partial charge in [0.25, 0.3) is 0 Å². The van der Waals surface area contributed by atoms with E-state index in [1.807, 2.05) is 31.5 Å². The molecule has 1 rings (SSSR count). The van der Waals surface area contributed by atoms with Crippen molar-refractivity contribution in [3.63, 3.8) is 0 Å². The fraction of sp³-hybridized carbons (Fsp3) is 0.538. The Morgan fingerprint density at radius 1 is 1.44 bits per heavy atom. The Hall–Kier alpha value is -1.38. The van der Waals surface area contributed by atoms with E-state index in [-0.39, 0.29) is 5.78 Å².